The normalized spacial score (nSPS) is 12.3. The Morgan fingerprint density at radius 1 is 1.43 bits per heavy atom. The van der Waals surface area contributed by atoms with Crippen LogP contribution in [-0.2, 0) is 16.6 Å². The summed E-state index contributed by atoms with van der Waals surface area (Å²) in [5.41, 5.74) is 1.42. The Morgan fingerprint density at radius 2 is 2.24 bits per heavy atom. The van der Waals surface area contributed by atoms with E-state index in [4.69, 9.17) is 11.6 Å². The first-order valence-corrected chi connectivity index (χ1v) is 8.85. The number of halogens is 1. The summed E-state index contributed by atoms with van der Waals surface area (Å²) >= 11 is 7.65. The maximum atomic E-state index is 12.7. The lowest BCUT2D eigenvalue weighted by atomic mass is 10.3. The van der Waals surface area contributed by atoms with Crippen molar-refractivity contribution >= 4 is 44.0 Å². The van der Waals surface area contributed by atoms with Crippen LogP contribution >= 0.6 is 22.9 Å². The van der Waals surface area contributed by atoms with Gasteiger partial charge in [0.05, 0.1) is 10.4 Å². The van der Waals surface area contributed by atoms with E-state index in [1.165, 1.54) is 28.0 Å². The van der Waals surface area contributed by atoms with Crippen LogP contribution in [0.25, 0.3) is 11.0 Å². The van der Waals surface area contributed by atoms with Crippen LogP contribution in [0.4, 0.5) is 0 Å². The molecule has 110 valence electrons. The molecule has 0 spiro atoms. The van der Waals surface area contributed by atoms with Crippen LogP contribution in [0.3, 0.4) is 0 Å². The minimum absolute atomic E-state index is 0.147. The highest BCUT2D eigenvalue weighted by Gasteiger charge is 2.26. The Balaban J connectivity index is 2.04. The van der Waals surface area contributed by atoms with Crippen LogP contribution in [0.1, 0.15) is 5.56 Å². The van der Waals surface area contributed by atoms with E-state index in [1.54, 1.807) is 13.1 Å². The Morgan fingerprint density at radius 3 is 2.95 bits per heavy atom. The van der Waals surface area contributed by atoms with Gasteiger partial charge in [0.1, 0.15) is 10.5 Å². The molecule has 3 aromatic rings. The molecule has 0 bridgehead atoms. The van der Waals surface area contributed by atoms with Crippen LogP contribution in [0, 0.1) is 0 Å². The molecule has 0 aromatic carbocycles. The number of pyridine rings is 1. The van der Waals surface area contributed by atoms with Gasteiger partial charge < -0.3 is 4.98 Å². The zero-order chi connectivity index (χ0) is 15.0. The molecule has 0 aliphatic carbocycles. The summed E-state index contributed by atoms with van der Waals surface area (Å²) in [4.78, 5) is 7.09. The van der Waals surface area contributed by atoms with Crippen molar-refractivity contribution < 1.29 is 8.42 Å². The summed E-state index contributed by atoms with van der Waals surface area (Å²) < 4.78 is 26.7. The molecule has 0 fully saturated rings. The van der Waals surface area contributed by atoms with Gasteiger partial charge in [-0.05, 0) is 28.5 Å². The van der Waals surface area contributed by atoms with E-state index in [0.717, 1.165) is 5.56 Å². The van der Waals surface area contributed by atoms with Gasteiger partial charge in [0.15, 0.2) is 0 Å². The number of aromatic amines is 1. The minimum Gasteiger partial charge on any atom is -0.345 e. The summed E-state index contributed by atoms with van der Waals surface area (Å²) in [6, 6.07) is 3.48. The number of H-pyrrole nitrogens is 1. The maximum absolute atomic E-state index is 12.7. The Kier molecular flexibility index (Phi) is 3.75. The number of nitrogens with zero attached hydrogens (tertiary/aromatic N) is 2. The number of sulfonamides is 1. The summed E-state index contributed by atoms with van der Waals surface area (Å²) in [5.74, 6) is 0. The Bertz CT molecular complexity index is 872. The molecular formula is C13H12ClN3O2S2. The summed E-state index contributed by atoms with van der Waals surface area (Å²) in [7, 11) is -2.09. The second kappa shape index (κ2) is 5.42. The number of nitrogens with one attached hydrogen (secondary N) is 1. The second-order valence-corrected chi connectivity index (χ2v) is 7.76. The number of fused-ring (bicyclic) bond motifs is 1. The molecule has 1 N–H and O–H groups in total. The molecule has 0 radical (unpaired) electrons. The molecule has 0 atom stereocenters. The second-order valence-electron chi connectivity index (χ2n) is 4.56. The van der Waals surface area contributed by atoms with E-state index in [2.05, 4.69) is 9.97 Å². The first-order chi connectivity index (χ1) is 10.00. The fraction of sp³-hybridized carbons (Fsp3) is 0.154. The summed E-state index contributed by atoms with van der Waals surface area (Å²) in [5, 5.41) is 4.64. The zero-order valence-electron chi connectivity index (χ0n) is 11.1. The molecule has 0 unspecified atom stereocenters. The van der Waals surface area contributed by atoms with Crippen LogP contribution in [0.2, 0.25) is 5.02 Å². The van der Waals surface area contributed by atoms with E-state index in [0.29, 0.717) is 22.6 Å². The van der Waals surface area contributed by atoms with Crippen molar-refractivity contribution in [1.29, 1.82) is 0 Å². The van der Waals surface area contributed by atoms with Gasteiger partial charge in [-0.15, -0.1) is 0 Å². The molecule has 3 aromatic heterocycles. The minimum atomic E-state index is -3.64. The summed E-state index contributed by atoms with van der Waals surface area (Å²) in [6.07, 6.45) is 2.97. The molecule has 5 nitrogen and oxygen atoms in total. The van der Waals surface area contributed by atoms with Crippen molar-refractivity contribution in [1.82, 2.24) is 14.3 Å². The molecule has 21 heavy (non-hydrogen) atoms. The lowest BCUT2D eigenvalue weighted by molar-refractivity contribution is 0.468. The van der Waals surface area contributed by atoms with E-state index in [1.807, 2.05) is 16.8 Å². The van der Waals surface area contributed by atoms with Crippen LogP contribution in [0.15, 0.2) is 40.2 Å². The molecule has 8 heteroatoms. The Hall–Kier alpha value is -1.41. The van der Waals surface area contributed by atoms with Crippen molar-refractivity contribution in [2.75, 3.05) is 7.05 Å². The first-order valence-electron chi connectivity index (χ1n) is 6.09. The Labute approximate surface area is 131 Å². The van der Waals surface area contributed by atoms with Crippen molar-refractivity contribution in [3.8, 4) is 0 Å². The van der Waals surface area contributed by atoms with E-state index in [9.17, 15) is 8.42 Å². The first kappa shape index (κ1) is 14.5. The number of aromatic nitrogens is 2. The van der Waals surface area contributed by atoms with Gasteiger partial charge in [-0.2, -0.15) is 15.6 Å². The fourth-order valence-corrected chi connectivity index (χ4v) is 4.37. The molecule has 0 saturated heterocycles. The number of hydrogen-bond acceptors (Lipinski definition) is 4. The van der Waals surface area contributed by atoms with Gasteiger partial charge in [-0.3, -0.25) is 0 Å². The van der Waals surface area contributed by atoms with E-state index in [-0.39, 0.29) is 4.90 Å². The van der Waals surface area contributed by atoms with Gasteiger partial charge in [0, 0.05) is 26.0 Å². The van der Waals surface area contributed by atoms with Crippen LogP contribution in [-0.4, -0.2) is 29.7 Å². The third-order valence-corrected chi connectivity index (χ3v) is 6.03. The van der Waals surface area contributed by atoms with Crippen molar-refractivity contribution in [2.24, 2.45) is 0 Å². The standard InChI is InChI=1S/C13H12ClN3O2S2/c1-17(7-9-3-5-20-8-9)21(18,19)11-6-16-13-12(11)10(14)2-4-15-13/h2-6,8H,7H2,1H3,(H,15,16). The molecule has 0 saturated carbocycles. The smallest absolute Gasteiger partial charge is 0.245 e. The number of hydrogen-bond donors (Lipinski definition) is 1. The van der Waals surface area contributed by atoms with Gasteiger partial charge in [-0.1, -0.05) is 11.6 Å². The van der Waals surface area contributed by atoms with Gasteiger partial charge in [0.2, 0.25) is 10.0 Å². The fourth-order valence-electron chi connectivity index (χ4n) is 2.08. The highest BCUT2D eigenvalue weighted by Crippen LogP contribution is 2.30. The predicted octanol–water partition coefficient (Wildman–Crippen LogP) is 3.10. The third-order valence-electron chi connectivity index (χ3n) is 3.16. The lowest BCUT2D eigenvalue weighted by Gasteiger charge is -2.16. The van der Waals surface area contributed by atoms with E-state index < -0.39 is 10.0 Å². The highest BCUT2D eigenvalue weighted by atomic mass is 35.5. The van der Waals surface area contributed by atoms with Crippen LogP contribution in [0.5, 0.6) is 0 Å². The average Bonchev–Trinajstić information content (AvgIpc) is 3.08. The highest BCUT2D eigenvalue weighted by molar-refractivity contribution is 7.89. The monoisotopic (exact) mass is 341 g/mol. The molecule has 3 rings (SSSR count). The predicted molar refractivity (Wildman–Crippen MR) is 84.1 cm³/mol. The van der Waals surface area contributed by atoms with Gasteiger partial charge in [0.25, 0.3) is 0 Å². The molecular weight excluding hydrogens is 330 g/mol. The third kappa shape index (κ3) is 2.57. The SMILES string of the molecule is CN(Cc1ccsc1)S(=O)(=O)c1c[nH]c2nccc(Cl)c12. The topological polar surface area (TPSA) is 66.1 Å². The van der Waals surface area contributed by atoms with Gasteiger partial charge >= 0.3 is 0 Å². The van der Waals surface area contributed by atoms with E-state index >= 15 is 0 Å². The quantitative estimate of drug-likeness (QED) is 0.793. The largest absolute Gasteiger partial charge is 0.345 e. The average molecular weight is 342 g/mol. The number of thiophene rings is 1. The molecule has 0 aliphatic heterocycles. The zero-order valence-corrected chi connectivity index (χ0v) is 13.5. The van der Waals surface area contributed by atoms with Gasteiger partial charge in [-0.25, -0.2) is 13.4 Å². The van der Waals surface area contributed by atoms with Crippen LogP contribution < -0.4 is 0 Å². The number of rotatable bonds is 4. The maximum Gasteiger partial charge on any atom is 0.245 e. The molecule has 0 amide bonds. The van der Waals surface area contributed by atoms with Crippen molar-refractivity contribution in [2.45, 2.75) is 11.4 Å². The van der Waals surface area contributed by atoms with Crippen molar-refractivity contribution in [3.05, 3.63) is 45.9 Å². The van der Waals surface area contributed by atoms with Crippen molar-refractivity contribution in [3.63, 3.8) is 0 Å². The molecule has 0 aliphatic rings. The molecule has 3 heterocycles. The summed E-state index contributed by atoms with van der Waals surface area (Å²) in [6.45, 7) is 0.316. The lowest BCUT2D eigenvalue weighted by Crippen LogP contribution is -2.26.